The van der Waals surface area contributed by atoms with E-state index < -0.39 is 12.0 Å². The van der Waals surface area contributed by atoms with Crippen molar-refractivity contribution >= 4 is 5.97 Å². The first-order chi connectivity index (χ1) is 9.96. The molecular weight excluding hydrogens is 272 g/mol. The third-order valence-electron chi connectivity index (χ3n) is 3.61. The van der Waals surface area contributed by atoms with Crippen LogP contribution in [0.15, 0.2) is 0 Å². The number of aliphatic carboxylic acids is 1. The van der Waals surface area contributed by atoms with E-state index in [1.54, 1.807) is 18.7 Å². The fraction of sp³-hybridized carbons (Fsp3) is 0.714. The second-order valence-electron chi connectivity index (χ2n) is 4.88. The first-order valence-electron chi connectivity index (χ1n) is 7.22. The van der Waals surface area contributed by atoms with E-state index in [4.69, 9.17) is 4.74 Å². The van der Waals surface area contributed by atoms with Crippen LogP contribution in [0, 0.1) is 6.92 Å². The van der Waals surface area contributed by atoms with E-state index in [0.29, 0.717) is 23.7 Å². The number of aryl methyl sites for hydroxylation is 2. The lowest BCUT2D eigenvalue weighted by molar-refractivity contribution is -0.139. The molecule has 1 rings (SSSR count). The molecule has 1 unspecified atom stereocenters. The largest absolute Gasteiger partial charge is 0.481 e. The molecule has 0 spiro atoms. The second kappa shape index (κ2) is 7.99. The minimum absolute atomic E-state index is 0.482. The zero-order chi connectivity index (χ0) is 16.0. The van der Waals surface area contributed by atoms with Crippen LogP contribution in [0.4, 0.5) is 0 Å². The minimum atomic E-state index is -0.927. The summed E-state index contributed by atoms with van der Waals surface area (Å²) >= 11 is 0. The summed E-state index contributed by atoms with van der Waals surface area (Å²) in [6.45, 7) is 9.27. The maximum absolute atomic E-state index is 11.6. The number of carboxylic acid groups (broad SMARTS) is 1. The molecule has 7 heteroatoms. The van der Waals surface area contributed by atoms with Gasteiger partial charge in [0.25, 0.3) is 0 Å². The van der Waals surface area contributed by atoms with Gasteiger partial charge in [0.15, 0.2) is 0 Å². The molecule has 0 fully saturated rings. The number of nitrogens with one attached hydrogen (secondary N) is 1. The van der Waals surface area contributed by atoms with Gasteiger partial charge in [-0.2, -0.15) is 5.10 Å². The van der Waals surface area contributed by atoms with E-state index in [1.165, 1.54) is 7.11 Å². The van der Waals surface area contributed by atoms with Gasteiger partial charge in [0.05, 0.1) is 18.4 Å². The predicted molar refractivity (Wildman–Crippen MR) is 80.7 cm³/mol. The Kier molecular flexibility index (Phi) is 6.64. The number of methoxy groups -OCH3 is 1. The van der Waals surface area contributed by atoms with Crippen LogP contribution in [0.3, 0.4) is 0 Å². The van der Waals surface area contributed by atoms with Gasteiger partial charge in [0, 0.05) is 20.1 Å². The molecule has 1 heterocycles. The van der Waals surface area contributed by atoms with Crippen molar-refractivity contribution < 1.29 is 14.6 Å². The van der Waals surface area contributed by atoms with Gasteiger partial charge in [0.2, 0.25) is 5.88 Å². The number of aromatic nitrogens is 2. The highest BCUT2D eigenvalue weighted by Crippen LogP contribution is 2.28. The molecule has 0 aliphatic carbocycles. The predicted octanol–water partition coefficient (Wildman–Crippen LogP) is 0.794. The maximum Gasteiger partial charge on any atom is 0.325 e. The summed E-state index contributed by atoms with van der Waals surface area (Å²) in [5, 5.41) is 16.8. The molecule has 0 saturated heterocycles. The maximum atomic E-state index is 11.6. The zero-order valence-electron chi connectivity index (χ0n) is 13.5. The standard InChI is InChI=1S/C14H26N4O3/c1-6-18(7-2)9-8-15-12(14(19)20)11-10(3)16-17(4)13(11)21-5/h12,15H,6-9H2,1-5H3,(H,19,20). The highest BCUT2D eigenvalue weighted by atomic mass is 16.5. The molecule has 1 atom stereocenters. The summed E-state index contributed by atoms with van der Waals surface area (Å²) in [5.41, 5.74) is 1.25. The molecule has 0 amide bonds. The van der Waals surface area contributed by atoms with Gasteiger partial charge < -0.3 is 14.7 Å². The normalized spacial score (nSPS) is 12.7. The fourth-order valence-electron chi connectivity index (χ4n) is 2.45. The smallest absolute Gasteiger partial charge is 0.325 e. The monoisotopic (exact) mass is 298 g/mol. The first-order valence-corrected chi connectivity index (χ1v) is 7.22. The van der Waals surface area contributed by atoms with Gasteiger partial charge in [-0.15, -0.1) is 0 Å². The van der Waals surface area contributed by atoms with Crippen molar-refractivity contribution in [2.24, 2.45) is 7.05 Å². The van der Waals surface area contributed by atoms with E-state index in [-0.39, 0.29) is 0 Å². The van der Waals surface area contributed by atoms with E-state index in [9.17, 15) is 9.90 Å². The van der Waals surface area contributed by atoms with Crippen molar-refractivity contribution in [3.05, 3.63) is 11.3 Å². The average molecular weight is 298 g/mol. The quantitative estimate of drug-likeness (QED) is 0.702. The summed E-state index contributed by atoms with van der Waals surface area (Å²) in [6, 6.07) is -0.816. The van der Waals surface area contributed by atoms with Crippen LogP contribution in [-0.4, -0.2) is 59.0 Å². The van der Waals surface area contributed by atoms with Crippen molar-refractivity contribution in [1.29, 1.82) is 0 Å². The number of ether oxygens (including phenoxy) is 1. The Morgan fingerprint density at radius 1 is 1.48 bits per heavy atom. The highest BCUT2D eigenvalue weighted by Gasteiger charge is 2.28. The van der Waals surface area contributed by atoms with E-state index in [2.05, 4.69) is 29.2 Å². The zero-order valence-corrected chi connectivity index (χ0v) is 13.5. The van der Waals surface area contributed by atoms with Crippen molar-refractivity contribution in [3.63, 3.8) is 0 Å². The minimum Gasteiger partial charge on any atom is -0.481 e. The Bertz CT molecular complexity index is 469. The molecule has 0 aliphatic heterocycles. The van der Waals surface area contributed by atoms with Crippen LogP contribution < -0.4 is 10.1 Å². The average Bonchev–Trinajstić information content (AvgIpc) is 2.72. The van der Waals surface area contributed by atoms with E-state index in [0.717, 1.165) is 19.6 Å². The number of carboxylic acids is 1. The fourth-order valence-corrected chi connectivity index (χ4v) is 2.45. The number of likely N-dealkylation sites (N-methyl/N-ethyl adjacent to an activating group) is 1. The first kappa shape index (κ1) is 17.5. The molecule has 1 aromatic heterocycles. The van der Waals surface area contributed by atoms with Crippen LogP contribution in [0.25, 0.3) is 0 Å². The van der Waals surface area contributed by atoms with Gasteiger partial charge in [0.1, 0.15) is 6.04 Å². The van der Waals surface area contributed by atoms with Gasteiger partial charge in [-0.05, 0) is 20.0 Å². The Morgan fingerprint density at radius 3 is 2.57 bits per heavy atom. The van der Waals surface area contributed by atoms with Crippen LogP contribution in [0.2, 0.25) is 0 Å². The third kappa shape index (κ3) is 4.18. The highest BCUT2D eigenvalue weighted by molar-refractivity contribution is 5.77. The second-order valence-corrected chi connectivity index (χ2v) is 4.88. The molecule has 21 heavy (non-hydrogen) atoms. The van der Waals surface area contributed by atoms with Crippen LogP contribution in [0.1, 0.15) is 31.1 Å². The van der Waals surface area contributed by atoms with Gasteiger partial charge in [-0.3, -0.25) is 10.1 Å². The third-order valence-corrected chi connectivity index (χ3v) is 3.61. The van der Waals surface area contributed by atoms with Crippen molar-refractivity contribution in [2.45, 2.75) is 26.8 Å². The number of carbonyl (C=O) groups is 1. The number of rotatable bonds is 9. The van der Waals surface area contributed by atoms with Crippen molar-refractivity contribution in [2.75, 3.05) is 33.3 Å². The Labute approximate surface area is 125 Å². The summed E-state index contributed by atoms with van der Waals surface area (Å²) in [7, 11) is 3.26. The molecule has 120 valence electrons. The molecule has 0 radical (unpaired) electrons. The lowest BCUT2D eigenvalue weighted by atomic mass is 10.1. The van der Waals surface area contributed by atoms with Crippen LogP contribution in [-0.2, 0) is 11.8 Å². The lowest BCUT2D eigenvalue weighted by Gasteiger charge is -2.20. The molecule has 0 saturated carbocycles. The van der Waals surface area contributed by atoms with E-state index >= 15 is 0 Å². The van der Waals surface area contributed by atoms with Crippen molar-refractivity contribution in [3.8, 4) is 5.88 Å². The Hall–Kier alpha value is -1.60. The lowest BCUT2D eigenvalue weighted by Crippen LogP contribution is -2.36. The van der Waals surface area contributed by atoms with E-state index in [1.807, 2.05) is 0 Å². The Balaban J connectivity index is 2.86. The van der Waals surface area contributed by atoms with Crippen LogP contribution >= 0.6 is 0 Å². The summed E-state index contributed by atoms with van der Waals surface area (Å²) in [4.78, 5) is 13.8. The number of nitrogens with zero attached hydrogens (tertiary/aromatic N) is 3. The molecule has 7 nitrogen and oxygen atoms in total. The topological polar surface area (TPSA) is 79.6 Å². The van der Waals surface area contributed by atoms with Gasteiger partial charge in [-0.1, -0.05) is 13.8 Å². The molecule has 2 N–H and O–H groups in total. The molecule has 0 bridgehead atoms. The molecule has 1 aromatic rings. The molecule has 0 aromatic carbocycles. The number of hydrogen-bond acceptors (Lipinski definition) is 5. The van der Waals surface area contributed by atoms with Crippen LogP contribution in [0.5, 0.6) is 5.88 Å². The van der Waals surface area contributed by atoms with Gasteiger partial charge in [-0.25, -0.2) is 4.68 Å². The summed E-state index contributed by atoms with van der Waals surface area (Å²) in [5.74, 6) is -0.445. The molecular formula is C14H26N4O3. The number of hydrogen-bond donors (Lipinski definition) is 2. The molecule has 0 aliphatic rings. The Morgan fingerprint density at radius 2 is 2.10 bits per heavy atom. The summed E-state index contributed by atoms with van der Waals surface area (Å²) in [6.07, 6.45) is 0. The van der Waals surface area contributed by atoms with Crippen molar-refractivity contribution in [1.82, 2.24) is 20.0 Å². The summed E-state index contributed by atoms with van der Waals surface area (Å²) < 4.78 is 6.85. The van der Waals surface area contributed by atoms with Gasteiger partial charge >= 0.3 is 5.97 Å². The SMILES string of the molecule is CCN(CC)CCNC(C(=O)O)c1c(C)nn(C)c1OC.